The summed E-state index contributed by atoms with van der Waals surface area (Å²) in [6.45, 7) is 3.04. The second-order valence-corrected chi connectivity index (χ2v) is 8.68. The van der Waals surface area contributed by atoms with Gasteiger partial charge in [0.05, 0.1) is 0 Å². The van der Waals surface area contributed by atoms with Gasteiger partial charge in [-0.05, 0) is 44.1 Å². The zero-order valence-corrected chi connectivity index (χ0v) is 17.4. The number of carbonyl (C=O) groups is 5. The molecular weight excluding hydrogens is 402 g/mol. The van der Waals surface area contributed by atoms with E-state index < -0.39 is 47.4 Å². The Bertz CT molecular complexity index is 956. The van der Waals surface area contributed by atoms with Crippen molar-refractivity contribution in [1.82, 2.24) is 26.0 Å². The Morgan fingerprint density at radius 1 is 1.03 bits per heavy atom. The second kappa shape index (κ2) is 7.36. The molecule has 1 aromatic carbocycles. The van der Waals surface area contributed by atoms with E-state index in [9.17, 15) is 24.0 Å². The Hall–Kier alpha value is -3.43. The molecule has 1 spiro atoms. The van der Waals surface area contributed by atoms with E-state index in [1.54, 1.807) is 37.3 Å². The Kier molecular flexibility index (Phi) is 4.95. The fraction of sp³-hybridized carbons (Fsp3) is 0.476. The lowest BCUT2D eigenvalue weighted by atomic mass is 9.77. The first kappa shape index (κ1) is 20.8. The zero-order chi connectivity index (χ0) is 22.4. The molecule has 1 aliphatic carbocycles. The summed E-state index contributed by atoms with van der Waals surface area (Å²) in [5.74, 6) is -1.44. The standard InChI is InChI=1S/C21H25N5O5/c1-13-8-10-21(11-9-13)17(29)26(19(31)23-21)24-15(27)12-25-16(28)20(2,22-18(25)30)14-6-4-3-5-7-14/h3-7,13H,8-12H2,1-2H3,(H,22,30)(H,23,31)(H,24,27). The molecule has 1 atom stereocenters. The topological polar surface area (TPSA) is 128 Å². The molecule has 0 bridgehead atoms. The molecule has 31 heavy (non-hydrogen) atoms. The maximum atomic E-state index is 12.9. The van der Waals surface area contributed by atoms with Crippen LogP contribution in [0, 0.1) is 5.92 Å². The van der Waals surface area contributed by atoms with Gasteiger partial charge < -0.3 is 10.6 Å². The number of hydrazine groups is 1. The van der Waals surface area contributed by atoms with E-state index >= 15 is 0 Å². The van der Waals surface area contributed by atoms with Crippen LogP contribution in [0.25, 0.3) is 0 Å². The monoisotopic (exact) mass is 427 g/mol. The molecule has 2 aliphatic heterocycles. The van der Waals surface area contributed by atoms with E-state index in [4.69, 9.17) is 0 Å². The molecule has 3 aliphatic rings. The maximum absolute atomic E-state index is 12.9. The number of amides is 7. The van der Waals surface area contributed by atoms with Crippen LogP contribution in [0.4, 0.5) is 9.59 Å². The normalized spacial score (nSPS) is 30.6. The smallest absolute Gasteiger partial charge is 0.322 e. The lowest BCUT2D eigenvalue weighted by Crippen LogP contribution is -2.53. The summed E-state index contributed by atoms with van der Waals surface area (Å²) in [6.07, 6.45) is 2.61. The molecule has 1 unspecified atom stereocenters. The third-order valence-corrected chi connectivity index (χ3v) is 6.45. The highest BCUT2D eigenvalue weighted by Gasteiger charge is 2.54. The number of rotatable bonds is 4. The van der Waals surface area contributed by atoms with Crippen molar-refractivity contribution in [3.8, 4) is 0 Å². The highest BCUT2D eigenvalue weighted by Crippen LogP contribution is 2.36. The Labute approximate surface area is 179 Å². The summed E-state index contributed by atoms with van der Waals surface area (Å²) in [6, 6.07) is 7.26. The number of hydrogen-bond donors (Lipinski definition) is 3. The number of hydrogen-bond acceptors (Lipinski definition) is 5. The average Bonchev–Trinajstić information content (AvgIpc) is 3.11. The van der Waals surface area contributed by atoms with E-state index in [0.717, 1.165) is 17.7 Å². The number of nitrogens with one attached hydrogen (secondary N) is 3. The van der Waals surface area contributed by atoms with Crippen molar-refractivity contribution in [2.75, 3.05) is 6.54 Å². The van der Waals surface area contributed by atoms with Gasteiger partial charge in [0.25, 0.3) is 17.7 Å². The first-order valence-corrected chi connectivity index (χ1v) is 10.3. The van der Waals surface area contributed by atoms with Crippen LogP contribution in [-0.4, -0.2) is 51.8 Å². The minimum absolute atomic E-state index is 0.470. The molecule has 3 N–H and O–H groups in total. The van der Waals surface area contributed by atoms with Gasteiger partial charge >= 0.3 is 12.1 Å². The molecule has 3 fully saturated rings. The lowest BCUT2D eigenvalue weighted by Gasteiger charge is -2.33. The summed E-state index contributed by atoms with van der Waals surface area (Å²) in [4.78, 5) is 63.8. The van der Waals surface area contributed by atoms with Crippen molar-refractivity contribution < 1.29 is 24.0 Å². The van der Waals surface area contributed by atoms with Crippen molar-refractivity contribution in [2.45, 2.75) is 50.6 Å². The van der Waals surface area contributed by atoms with E-state index in [-0.39, 0.29) is 0 Å². The molecule has 164 valence electrons. The van der Waals surface area contributed by atoms with Gasteiger partial charge in [-0.3, -0.25) is 24.7 Å². The highest BCUT2D eigenvalue weighted by molar-refractivity contribution is 6.10. The third kappa shape index (κ3) is 3.41. The van der Waals surface area contributed by atoms with Gasteiger partial charge in [-0.2, -0.15) is 5.01 Å². The maximum Gasteiger partial charge on any atom is 0.344 e. The summed E-state index contributed by atoms with van der Waals surface area (Å²) in [5, 5.41) is 5.97. The highest BCUT2D eigenvalue weighted by atomic mass is 16.2. The van der Waals surface area contributed by atoms with Crippen molar-refractivity contribution >= 4 is 29.8 Å². The molecule has 4 rings (SSSR count). The van der Waals surface area contributed by atoms with E-state index in [2.05, 4.69) is 23.0 Å². The zero-order valence-electron chi connectivity index (χ0n) is 17.4. The van der Waals surface area contributed by atoms with Gasteiger partial charge in [-0.15, -0.1) is 0 Å². The van der Waals surface area contributed by atoms with Crippen LogP contribution in [-0.2, 0) is 19.9 Å². The molecule has 7 amide bonds. The molecule has 10 heteroatoms. The molecule has 2 saturated heterocycles. The Morgan fingerprint density at radius 3 is 2.32 bits per heavy atom. The first-order valence-electron chi connectivity index (χ1n) is 10.3. The van der Waals surface area contributed by atoms with Crippen LogP contribution in [0.1, 0.15) is 45.1 Å². The Morgan fingerprint density at radius 2 is 1.68 bits per heavy atom. The van der Waals surface area contributed by atoms with Crippen LogP contribution < -0.4 is 16.1 Å². The van der Waals surface area contributed by atoms with E-state index in [1.807, 2.05) is 0 Å². The minimum Gasteiger partial charge on any atom is -0.322 e. The summed E-state index contributed by atoms with van der Waals surface area (Å²) >= 11 is 0. The summed E-state index contributed by atoms with van der Waals surface area (Å²) in [7, 11) is 0. The Balaban J connectivity index is 1.43. The molecule has 1 saturated carbocycles. The van der Waals surface area contributed by atoms with Crippen LogP contribution in [0.3, 0.4) is 0 Å². The van der Waals surface area contributed by atoms with Gasteiger partial charge in [-0.25, -0.2) is 9.59 Å². The van der Waals surface area contributed by atoms with Crippen LogP contribution >= 0.6 is 0 Å². The summed E-state index contributed by atoms with van der Waals surface area (Å²) < 4.78 is 0. The van der Waals surface area contributed by atoms with E-state index in [1.165, 1.54) is 0 Å². The van der Waals surface area contributed by atoms with Gasteiger partial charge in [0.1, 0.15) is 17.6 Å². The van der Waals surface area contributed by atoms with Gasteiger partial charge in [0.2, 0.25) is 0 Å². The average molecular weight is 427 g/mol. The first-order chi connectivity index (χ1) is 14.7. The SMILES string of the molecule is CC1CCC2(CC1)NC(=O)N(NC(=O)CN1C(=O)NC(C)(c3ccccc3)C1=O)C2=O. The number of nitrogens with zero attached hydrogens (tertiary/aromatic N) is 2. The molecule has 2 heterocycles. The predicted octanol–water partition coefficient (Wildman–Crippen LogP) is 0.986. The second-order valence-electron chi connectivity index (χ2n) is 8.68. The fourth-order valence-electron chi connectivity index (χ4n) is 4.43. The van der Waals surface area contributed by atoms with Crippen molar-refractivity contribution in [3.05, 3.63) is 35.9 Å². The van der Waals surface area contributed by atoms with Gasteiger partial charge in [0.15, 0.2) is 0 Å². The predicted molar refractivity (Wildman–Crippen MR) is 108 cm³/mol. The van der Waals surface area contributed by atoms with Crippen molar-refractivity contribution in [2.24, 2.45) is 5.92 Å². The van der Waals surface area contributed by atoms with E-state index in [0.29, 0.717) is 29.3 Å². The van der Waals surface area contributed by atoms with Crippen LogP contribution in [0.5, 0.6) is 0 Å². The number of carbonyl (C=O) groups excluding carboxylic acids is 5. The lowest BCUT2D eigenvalue weighted by molar-refractivity contribution is -0.141. The minimum atomic E-state index is -1.30. The molecule has 0 aromatic heterocycles. The molecule has 1 aromatic rings. The van der Waals surface area contributed by atoms with Crippen LogP contribution in [0.15, 0.2) is 30.3 Å². The molecule has 10 nitrogen and oxygen atoms in total. The van der Waals surface area contributed by atoms with Crippen molar-refractivity contribution in [3.63, 3.8) is 0 Å². The largest absolute Gasteiger partial charge is 0.344 e. The quantitative estimate of drug-likeness (QED) is 0.618. The molecule has 0 radical (unpaired) electrons. The number of urea groups is 2. The number of benzene rings is 1. The fourth-order valence-corrected chi connectivity index (χ4v) is 4.43. The van der Waals surface area contributed by atoms with Gasteiger partial charge in [-0.1, -0.05) is 37.3 Å². The van der Waals surface area contributed by atoms with Crippen LogP contribution in [0.2, 0.25) is 0 Å². The summed E-state index contributed by atoms with van der Waals surface area (Å²) in [5.41, 5.74) is 0.538. The molecular formula is C21H25N5O5. The number of imide groups is 2. The third-order valence-electron chi connectivity index (χ3n) is 6.45. The van der Waals surface area contributed by atoms with Crippen molar-refractivity contribution in [1.29, 1.82) is 0 Å². The van der Waals surface area contributed by atoms with Gasteiger partial charge in [0, 0.05) is 0 Å².